The van der Waals surface area contributed by atoms with Gasteiger partial charge in [-0.05, 0) is 6.92 Å². The molecule has 0 aliphatic carbocycles. The molecule has 1 aromatic rings. The predicted molar refractivity (Wildman–Crippen MR) is 50.5 cm³/mol. The van der Waals surface area contributed by atoms with Gasteiger partial charge >= 0.3 is 0 Å². The quantitative estimate of drug-likeness (QED) is 0.653. The second-order valence-electron chi connectivity index (χ2n) is 2.68. The Labute approximate surface area is 75.3 Å². The van der Waals surface area contributed by atoms with E-state index in [9.17, 15) is 0 Å². The van der Waals surface area contributed by atoms with Crippen molar-refractivity contribution in [2.24, 2.45) is 4.99 Å². The molecule has 0 fully saturated rings. The Balaban J connectivity index is 2.27. The first-order valence-electron chi connectivity index (χ1n) is 3.83. The molecule has 0 saturated carbocycles. The van der Waals surface area contributed by atoms with Crippen LogP contribution in [0.15, 0.2) is 23.6 Å². The average Bonchev–Trinajstić information content (AvgIpc) is 2.54. The van der Waals surface area contributed by atoms with E-state index in [2.05, 4.69) is 21.9 Å². The topological polar surface area (TPSA) is 38.1 Å². The van der Waals surface area contributed by atoms with Crippen molar-refractivity contribution in [3.8, 4) is 0 Å². The Morgan fingerprint density at radius 3 is 3.00 bits per heavy atom. The number of hydrogen-bond donors (Lipinski definition) is 0. The monoisotopic (exact) mass is 179 g/mol. The number of aliphatic imine (C=N–C) groups is 1. The third-order valence-electron chi connectivity index (χ3n) is 1.58. The fourth-order valence-electron chi connectivity index (χ4n) is 1.02. The summed E-state index contributed by atoms with van der Waals surface area (Å²) in [6, 6.07) is 0.423. The summed E-state index contributed by atoms with van der Waals surface area (Å²) >= 11 is 1.75. The van der Waals surface area contributed by atoms with E-state index in [0.717, 1.165) is 16.5 Å². The van der Waals surface area contributed by atoms with Crippen molar-refractivity contribution in [1.82, 2.24) is 9.97 Å². The van der Waals surface area contributed by atoms with Crippen molar-refractivity contribution in [1.29, 1.82) is 0 Å². The van der Waals surface area contributed by atoms with Gasteiger partial charge in [0.05, 0.1) is 12.2 Å². The highest BCUT2D eigenvalue weighted by Gasteiger charge is 2.15. The maximum absolute atomic E-state index is 4.44. The summed E-state index contributed by atoms with van der Waals surface area (Å²) in [6.45, 7) is 2.11. The van der Waals surface area contributed by atoms with Gasteiger partial charge in [0.15, 0.2) is 0 Å². The molecule has 0 aromatic carbocycles. The molecule has 0 spiro atoms. The number of hydrogen-bond acceptors (Lipinski definition) is 4. The van der Waals surface area contributed by atoms with Crippen LogP contribution in [0.2, 0.25) is 0 Å². The van der Waals surface area contributed by atoms with E-state index in [4.69, 9.17) is 0 Å². The first-order valence-corrected chi connectivity index (χ1v) is 4.82. The molecule has 0 bridgehead atoms. The minimum absolute atomic E-state index is 0.423. The van der Waals surface area contributed by atoms with E-state index in [-0.39, 0.29) is 0 Å². The van der Waals surface area contributed by atoms with Crippen LogP contribution in [0.3, 0.4) is 0 Å². The lowest BCUT2D eigenvalue weighted by atomic mass is 10.4. The maximum atomic E-state index is 4.44. The maximum Gasteiger partial charge on any atom is 0.118 e. The van der Waals surface area contributed by atoms with Gasteiger partial charge in [0.1, 0.15) is 10.7 Å². The van der Waals surface area contributed by atoms with Crippen molar-refractivity contribution < 1.29 is 0 Å². The first-order chi connectivity index (χ1) is 5.86. The van der Waals surface area contributed by atoms with E-state index in [1.165, 1.54) is 0 Å². The van der Waals surface area contributed by atoms with Crippen LogP contribution in [0.25, 0.3) is 0 Å². The van der Waals surface area contributed by atoms with E-state index in [1.807, 2.05) is 0 Å². The Morgan fingerprint density at radius 1 is 1.50 bits per heavy atom. The highest BCUT2D eigenvalue weighted by atomic mass is 32.2. The van der Waals surface area contributed by atoms with Crippen LogP contribution in [0.4, 0.5) is 0 Å². The summed E-state index contributed by atoms with van der Waals surface area (Å²) in [5, 5.41) is 1.02. The standard InChI is InChI=1S/C8H9N3S/c1-6-5-12-8(11-6)7-4-9-2-3-10-7/h2-4,6H,5H2,1H3/t6-/m1/s1. The summed E-state index contributed by atoms with van der Waals surface area (Å²) in [6.07, 6.45) is 5.12. The Kier molecular flexibility index (Phi) is 2.08. The summed E-state index contributed by atoms with van der Waals surface area (Å²) in [7, 11) is 0. The molecule has 62 valence electrons. The molecule has 1 atom stereocenters. The largest absolute Gasteiger partial charge is 0.272 e. The van der Waals surface area contributed by atoms with Crippen LogP contribution in [0, 0.1) is 0 Å². The molecule has 0 radical (unpaired) electrons. The Bertz CT molecular complexity index is 296. The van der Waals surface area contributed by atoms with Crippen LogP contribution in [-0.2, 0) is 0 Å². The summed E-state index contributed by atoms with van der Waals surface area (Å²) in [4.78, 5) is 12.6. The van der Waals surface area contributed by atoms with Crippen LogP contribution in [-0.4, -0.2) is 26.8 Å². The number of thioether (sulfide) groups is 1. The fraction of sp³-hybridized carbons (Fsp3) is 0.375. The zero-order valence-electron chi connectivity index (χ0n) is 6.77. The molecule has 1 aromatic heterocycles. The van der Waals surface area contributed by atoms with Crippen LogP contribution in [0.1, 0.15) is 12.6 Å². The van der Waals surface area contributed by atoms with Crippen molar-refractivity contribution in [3.05, 3.63) is 24.3 Å². The van der Waals surface area contributed by atoms with Crippen LogP contribution < -0.4 is 0 Å². The summed E-state index contributed by atoms with van der Waals surface area (Å²) in [5.41, 5.74) is 0.895. The Morgan fingerprint density at radius 2 is 2.42 bits per heavy atom. The van der Waals surface area contributed by atoms with Crippen molar-refractivity contribution in [2.75, 3.05) is 5.75 Å². The molecule has 2 heterocycles. The second-order valence-corrected chi connectivity index (χ2v) is 3.69. The molecule has 0 saturated heterocycles. The normalized spacial score (nSPS) is 22.4. The number of aromatic nitrogens is 2. The van der Waals surface area contributed by atoms with Gasteiger partial charge < -0.3 is 0 Å². The molecule has 1 aliphatic rings. The van der Waals surface area contributed by atoms with Crippen LogP contribution >= 0.6 is 11.8 Å². The van der Waals surface area contributed by atoms with Gasteiger partial charge in [-0.15, -0.1) is 11.8 Å². The van der Waals surface area contributed by atoms with Gasteiger partial charge in [-0.3, -0.25) is 15.0 Å². The van der Waals surface area contributed by atoms with Crippen molar-refractivity contribution in [2.45, 2.75) is 13.0 Å². The van der Waals surface area contributed by atoms with Gasteiger partial charge in [-0.2, -0.15) is 0 Å². The molecule has 12 heavy (non-hydrogen) atoms. The molecule has 1 aliphatic heterocycles. The van der Waals surface area contributed by atoms with Gasteiger partial charge in [0.2, 0.25) is 0 Å². The minimum Gasteiger partial charge on any atom is -0.272 e. The lowest BCUT2D eigenvalue weighted by molar-refractivity contribution is 0.864. The molecular weight excluding hydrogens is 170 g/mol. The zero-order valence-corrected chi connectivity index (χ0v) is 7.58. The smallest absolute Gasteiger partial charge is 0.118 e. The zero-order chi connectivity index (χ0) is 8.39. The summed E-state index contributed by atoms with van der Waals surface area (Å²) in [5.74, 6) is 1.06. The summed E-state index contributed by atoms with van der Waals surface area (Å²) < 4.78 is 0. The van der Waals surface area contributed by atoms with E-state index in [0.29, 0.717) is 6.04 Å². The number of nitrogens with zero attached hydrogens (tertiary/aromatic N) is 3. The predicted octanol–water partition coefficient (Wildman–Crippen LogP) is 1.36. The van der Waals surface area contributed by atoms with Gasteiger partial charge in [0.25, 0.3) is 0 Å². The van der Waals surface area contributed by atoms with Gasteiger partial charge in [-0.1, -0.05) is 0 Å². The van der Waals surface area contributed by atoms with Crippen molar-refractivity contribution in [3.63, 3.8) is 0 Å². The highest BCUT2D eigenvalue weighted by molar-refractivity contribution is 8.14. The first kappa shape index (κ1) is 7.73. The lowest BCUT2D eigenvalue weighted by Crippen LogP contribution is -1.96. The molecule has 2 rings (SSSR count). The van der Waals surface area contributed by atoms with E-state index in [1.54, 1.807) is 30.4 Å². The Hall–Kier alpha value is -0.900. The fourth-order valence-corrected chi connectivity index (χ4v) is 2.01. The molecule has 0 N–H and O–H groups in total. The average molecular weight is 179 g/mol. The molecule has 3 nitrogen and oxygen atoms in total. The SMILES string of the molecule is C[C@@H]1CSC(c2cnccn2)=N1. The molecule has 4 heteroatoms. The van der Waals surface area contributed by atoms with Gasteiger partial charge in [0, 0.05) is 18.1 Å². The van der Waals surface area contributed by atoms with E-state index >= 15 is 0 Å². The third kappa shape index (κ3) is 1.48. The molecular formula is C8H9N3S. The number of rotatable bonds is 1. The lowest BCUT2D eigenvalue weighted by Gasteiger charge is -1.94. The second kappa shape index (κ2) is 3.23. The van der Waals surface area contributed by atoms with E-state index < -0.39 is 0 Å². The molecule has 0 amide bonds. The van der Waals surface area contributed by atoms with Crippen molar-refractivity contribution >= 4 is 16.8 Å². The highest BCUT2D eigenvalue weighted by Crippen LogP contribution is 2.21. The molecule has 0 unspecified atom stereocenters. The minimum atomic E-state index is 0.423. The van der Waals surface area contributed by atoms with Crippen LogP contribution in [0.5, 0.6) is 0 Å². The van der Waals surface area contributed by atoms with Gasteiger partial charge in [-0.25, -0.2) is 0 Å². The third-order valence-corrected chi connectivity index (χ3v) is 2.82.